The number of hydrogen-bond donors (Lipinski definition) is 1. The summed E-state index contributed by atoms with van der Waals surface area (Å²) in [6, 6.07) is 17.0. The molecule has 0 aliphatic heterocycles. The molecule has 0 fully saturated rings. The number of anilines is 1. The van der Waals surface area contributed by atoms with Gasteiger partial charge in [0.05, 0.1) is 26.6 Å². The van der Waals surface area contributed by atoms with E-state index in [1.807, 2.05) is 0 Å². The summed E-state index contributed by atoms with van der Waals surface area (Å²) in [5.41, 5.74) is 1.54. The maximum absolute atomic E-state index is 12.3. The highest BCUT2D eigenvalue weighted by Gasteiger charge is 2.11. The zero-order chi connectivity index (χ0) is 24.0. The van der Waals surface area contributed by atoms with Gasteiger partial charge < -0.3 is 10.1 Å². The zero-order valence-electron chi connectivity index (χ0n) is 16.7. The van der Waals surface area contributed by atoms with Crippen molar-refractivity contribution in [3.63, 3.8) is 0 Å². The van der Waals surface area contributed by atoms with Crippen LogP contribution in [0.1, 0.15) is 11.1 Å². The Morgan fingerprint density at radius 1 is 1.06 bits per heavy atom. The zero-order valence-corrected chi connectivity index (χ0v) is 19.0. The molecule has 3 rings (SSSR count). The number of rotatable bonds is 7. The van der Waals surface area contributed by atoms with Gasteiger partial charge in [-0.25, -0.2) is 0 Å². The van der Waals surface area contributed by atoms with E-state index in [4.69, 9.17) is 39.5 Å². The van der Waals surface area contributed by atoms with Gasteiger partial charge in [-0.3, -0.25) is 14.9 Å². The predicted octanol–water partition coefficient (Wildman–Crippen LogP) is 6.64. The van der Waals surface area contributed by atoms with Crippen LogP contribution < -0.4 is 10.1 Å². The summed E-state index contributed by atoms with van der Waals surface area (Å²) in [4.78, 5) is 22.6. The van der Waals surface area contributed by atoms with E-state index in [9.17, 15) is 20.2 Å². The number of nitro groups is 1. The molecule has 1 N–H and O–H groups in total. The van der Waals surface area contributed by atoms with Gasteiger partial charge in [-0.2, -0.15) is 5.26 Å². The Morgan fingerprint density at radius 2 is 1.79 bits per heavy atom. The average molecular weight is 503 g/mol. The predicted molar refractivity (Wildman–Crippen MR) is 129 cm³/mol. The van der Waals surface area contributed by atoms with Crippen molar-refractivity contribution in [2.24, 2.45) is 0 Å². The van der Waals surface area contributed by atoms with Crippen LogP contribution in [-0.2, 0) is 4.79 Å². The SMILES string of the molecule is N#C/C(=C\c1cc(Cl)ccc1OCC(=O)Nc1ccc(Cl)c(Cl)c1)c1ccc([N+](=O)[O-])cc1. The number of nitro benzene ring substituents is 1. The van der Waals surface area contributed by atoms with Crippen molar-refractivity contribution < 1.29 is 14.5 Å². The van der Waals surface area contributed by atoms with Crippen LogP contribution in [0.5, 0.6) is 5.75 Å². The minimum atomic E-state index is -0.522. The molecule has 0 aliphatic carbocycles. The van der Waals surface area contributed by atoms with Crippen molar-refractivity contribution in [1.29, 1.82) is 5.26 Å². The summed E-state index contributed by atoms with van der Waals surface area (Å²) in [5, 5.41) is 24.2. The lowest BCUT2D eigenvalue weighted by Gasteiger charge is -2.11. The number of ether oxygens (including phenoxy) is 1. The number of halogens is 3. The van der Waals surface area contributed by atoms with E-state index in [2.05, 4.69) is 11.4 Å². The largest absolute Gasteiger partial charge is 0.483 e. The average Bonchev–Trinajstić information content (AvgIpc) is 2.79. The molecular weight excluding hydrogens is 489 g/mol. The molecule has 0 heterocycles. The third-order valence-corrected chi connectivity index (χ3v) is 5.32. The van der Waals surface area contributed by atoms with E-state index in [0.717, 1.165) is 0 Å². The molecule has 0 radical (unpaired) electrons. The second kappa shape index (κ2) is 10.8. The summed E-state index contributed by atoms with van der Waals surface area (Å²) in [5.74, 6) is -0.118. The number of hydrogen-bond acceptors (Lipinski definition) is 5. The molecule has 0 aliphatic rings. The standard InChI is InChI=1S/C23H14Cl3N3O4/c24-17-3-8-22(33-13-23(30)28-18-4-7-20(25)21(26)11-18)15(10-17)9-16(12-27)14-1-5-19(6-2-14)29(31)32/h1-11H,13H2,(H,28,30)/b16-9+. The van der Waals surface area contributed by atoms with Gasteiger partial charge in [-0.1, -0.05) is 34.8 Å². The lowest BCUT2D eigenvalue weighted by molar-refractivity contribution is -0.384. The van der Waals surface area contributed by atoms with Gasteiger partial charge in [0.25, 0.3) is 11.6 Å². The van der Waals surface area contributed by atoms with E-state index in [1.54, 1.807) is 30.3 Å². The molecule has 0 saturated carbocycles. The van der Waals surface area contributed by atoms with Gasteiger partial charge in [0, 0.05) is 28.4 Å². The van der Waals surface area contributed by atoms with Gasteiger partial charge in [0.1, 0.15) is 5.75 Å². The van der Waals surface area contributed by atoms with Crippen molar-refractivity contribution in [3.8, 4) is 11.8 Å². The van der Waals surface area contributed by atoms with E-state index in [-0.39, 0.29) is 17.9 Å². The molecule has 166 valence electrons. The first-order valence-electron chi connectivity index (χ1n) is 9.30. The normalized spacial score (nSPS) is 10.9. The highest BCUT2D eigenvalue weighted by Crippen LogP contribution is 2.29. The molecule has 0 saturated heterocycles. The number of nitrogens with one attached hydrogen (secondary N) is 1. The van der Waals surface area contributed by atoms with E-state index in [0.29, 0.717) is 37.6 Å². The molecule has 0 unspecified atom stereocenters. The smallest absolute Gasteiger partial charge is 0.269 e. The summed E-state index contributed by atoms with van der Waals surface area (Å²) >= 11 is 17.9. The molecule has 3 aromatic rings. The highest BCUT2D eigenvalue weighted by molar-refractivity contribution is 6.42. The summed E-state index contributed by atoms with van der Waals surface area (Å²) in [7, 11) is 0. The minimum Gasteiger partial charge on any atom is -0.483 e. The van der Waals surface area contributed by atoms with Crippen LogP contribution >= 0.6 is 34.8 Å². The maximum Gasteiger partial charge on any atom is 0.269 e. The van der Waals surface area contributed by atoms with Gasteiger partial charge >= 0.3 is 0 Å². The molecule has 7 nitrogen and oxygen atoms in total. The fraction of sp³-hybridized carbons (Fsp3) is 0.0435. The summed E-state index contributed by atoms with van der Waals surface area (Å²) in [6.07, 6.45) is 1.53. The molecule has 0 atom stereocenters. The van der Waals surface area contributed by atoms with Crippen molar-refractivity contribution >= 4 is 63.7 Å². The van der Waals surface area contributed by atoms with Crippen molar-refractivity contribution in [3.05, 3.63) is 97.0 Å². The molecular formula is C23H14Cl3N3O4. The summed E-state index contributed by atoms with van der Waals surface area (Å²) in [6.45, 7) is -0.317. The first-order chi connectivity index (χ1) is 15.8. The van der Waals surface area contributed by atoms with E-state index in [1.165, 1.54) is 36.4 Å². The maximum atomic E-state index is 12.3. The number of carbonyl (C=O) groups excluding carboxylic acids is 1. The number of non-ortho nitro benzene ring substituents is 1. The Morgan fingerprint density at radius 3 is 2.42 bits per heavy atom. The fourth-order valence-corrected chi connectivity index (χ4v) is 3.25. The van der Waals surface area contributed by atoms with E-state index >= 15 is 0 Å². The second-order valence-electron chi connectivity index (χ2n) is 6.62. The molecule has 0 bridgehead atoms. The molecule has 10 heteroatoms. The number of allylic oxidation sites excluding steroid dienone is 1. The fourth-order valence-electron chi connectivity index (χ4n) is 2.78. The molecule has 3 aromatic carbocycles. The number of nitriles is 1. The molecule has 0 aromatic heterocycles. The first-order valence-corrected chi connectivity index (χ1v) is 10.4. The highest BCUT2D eigenvalue weighted by atomic mass is 35.5. The number of benzene rings is 3. The number of amides is 1. The van der Waals surface area contributed by atoms with Crippen LogP contribution in [0, 0.1) is 21.4 Å². The quantitative estimate of drug-likeness (QED) is 0.169. The minimum absolute atomic E-state index is 0.0872. The lowest BCUT2D eigenvalue weighted by Crippen LogP contribution is -2.20. The van der Waals surface area contributed by atoms with Crippen LogP contribution in [-0.4, -0.2) is 17.4 Å². The van der Waals surface area contributed by atoms with Crippen LogP contribution in [0.4, 0.5) is 11.4 Å². The van der Waals surface area contributed by atoms with Crippen LogP contribution in [0.25, 0.3) is 11.6 Å². The number of nitrogens with zero attached hydrogens (tertiary/aromatic N) is 2. The Hall–Kier alpha value is -3.57. The van der Waals surface area contributed by atoms with Crippen LogP contribution in [0.3, 0.4) is 0 Å². The second-order valence-corrected chi connectivity index (χ2v) is 7.87. The summed E-state index contributed by atoms with van der Waals surface area (Å²) < 4.78 is 5.64. The third kappa shape index (κ3) is 6.46. The Labute approximate surface area is 203 Å². The Balaban J connectivity index is 1.79. The van der Waals surface area contributed by atoms with E-state index < -0.39 is 10.8 Å². The van der Waals surface area contributed by atoms with Crippen LogP contribution in [0.2, 0.25) is 15.1 Å². The topological polar surface area (TPSA) is 105 Å². The van der Waals surface area contributed by atoms with Crippen molar-refractivity contribution in [1.82, 2.24) is 0 Å². The van der Waals surface area contributed by atoms with Crippen LogP contribution in [0.15, 0.2) is 60.7 Å². The van der Waals surface area contributed by atoms with Gasteiger partial charge in [0.2, 0.25) is 0 Å². The van der Waals surface area contributed by atoms with Gasteiger partial charge in [-0.15, -0.1) is 0 Å². The van der Waals surface area contributed by atoms with Crippen molar-refractivity contribution in [2.45, 2.75) is 0 Å². The lowest BCUT2D eigenvalue weighted by atomic mass is 10.0. The van der Waals surface area contributed by atoms with Gasteiger partial charge in [-0.05, 0) is 60.2 Å². The Kier molecular flexibility index (Phi) is 7.91. The number of carbonyl (C=O) groups is 1. The third-order valence-electron chi connectivity index (χ3n) is 4.34. The molecule has 0 spiro atoms. The van der Waals surface area contributed by atoms with Crippen molar-refractivity contribution in [2.75, 3.05) is 11.9 Å². The molecule has 1 amide bonds. The molecule has 33 heavy (non-hydrogen) atoms. The Bertz CT molecular complexity index is 1290. The van der Waals surface area contributed by atoms with Gasteiger partial charge in [0.15, 0.2) is 6.61 Å². The monoisotopic (exact) mass is 501 g/mol. The first kappa shape index (κ1) is 24.1.